The van der Waals surface area contributed by atoms with Gasteiger partial charge < -0.3 is 0 Å². The van der Waals surface area contributed by atoms with Gasteiger partial charge in [0.15, 0.2) is 11.6 Å². The molecule has 1 aromatic carbocycles. The van der Waals surface area contributed by atoms with Crippen molar-refractivity contribution in [2.75, 3.05) is 0 Å². The predicted molar refractivity (Wildman–Crippen MR) is 300 cm³/mol. The van der Waals surface area contributed by atoms with Crippen LogP contribution in [0, 0.1) is 69.2 Å². The fourth-order valence-corrected chi connectivity index (χ4v) is 5.60. The van der Waals surface area contributed by atoms with E-state index in [4.69, 9.17) is 0 Å². The fraction of sp³-hybridized carbons (Fsp3) is 0.312. The molecule has 0 saturated carbocycles. The molecule has 70 heavy (non-hydrogen) atoms. The van der Waals surface area contributed by atoms with Gasteiger partial charge in [0.2, 0.25) is 0 Å². The minimum absolute atomic E-state index is 0.155. The first-order chi connectivity index (χ1) is 33.1. The molecule has 0 amide bonds. The van der Waals surface area contributed by atoms with Crippen molar-refractivity contribution in [2.45, 2.75) is 137 Å². The van der Waals surface area contributed by atoms with Crippen molar-refractivity contribution in [3.8, 4) is 0 Å². The highest BCUT2D eigenvalue weighted by atomic mass is 16.1. The van der Waals surface area contributed by atoms with E-state index in [1.165, 1.54) is 79.6 Å². The highest BCUT2D eigenvalue weighted by molar-refractivity contribution is 6.07. The van der Waals surface area contributed by atoms with Gasteiger partial charge in [-0.05, 0) is 241 Å². The quantitative estimate of drug-likeness (QED) is 0.154. The molecule has 4 aliphatic carbocycles. The molecule has 0 atom stereocenters. The highest BCUT2D eigenvalue weighted by Gasteiger charge is 2.08. The fourth-order valence-electron chi connectivity index (χ4n) is 5.60. The van der Waals surface area contributed by atoms with Crippen molar-refractivity contribution in [1.82, 2.24) is 19.9 Å². The van der Waals surface area contributed by atoms with Crippen molar-refractivity contribution in [2.24, 2.45) is 0 Å². The zero-order valence-electron chi connectivity index (χ0n) is 45.9. The molecule has 6 heteroatoms. The van der Waals surface area contributed by atoms with Crippen LogP contribution >= 0.6 is 0 Å². The van der Waals surface area contributed by atoms with Crippen LogP contribution in [0.1, 0.15) is 124 Å². The lowest BCUT2D eigenvalue weighted by atomic mass is 10.1. The SMILES string of the molecule is CC1=C(C)C(=O)C=C1.CC1=C(C)C(=O)C=C1.CC1=C(C)CC=C1.CC1=C(C)CC=C1.Cc1ccccc1C.Cc1cccnc1C.Cc1cccnc1C.Cc1ccncc1C.Cc1ccncc1C. The molecular formula is C64H82N4O2. The average Bonchev–Trinajstić information content (AvgIpc) is 4.09. The Morgan fingerprint density at radius 2 is 0.657 bits per heavy atom. The molecule has 4 heterocycles. The molecule has 0 radical (unpaired) electrons. The maximum atomic E-state index is 10.6. The standard InChI is InChI=1S/C8H10.4C7H9N.2C7H8O.2C7H10/c1-7-5-3-4-6-8(7)2;2*1-6-3-4-8-5-7(6)2;2*1-6-4-3-5-8-7(6)2;2*1-5-3-4-7(8)6(5)2;2*1-6-4-3-5-7(6)2/h3-6H,1-2H3;4*3-5H,1-2H3;2*3-4H,1-2H3;2*3-4H,5H2,1-2H3. The number of rotatable bonds is 0. The third kappa shape index (κ3) is 24.9. The molecule has 9 rings (SSSR count). The summed E-state index contributed by atoms with van der Waals surface area (Å²) in [6.07, 6.45) is 29.0. The number of hydrogen-bond acceptors (Lipinski definition) is 6. The Morgan fingerprint density at radius 3 is 0.800 bits per heavy atom. The third-order valence-electron chi connectivity index (χ3n) is 12.4. The minimum atomic E-state index is 0.155. The van der Waals surface area contributed by atoms with Crippen LogP contribution < -0.4 is 0 Å². The van der Waals surface area contributed by atoms with Gasteiger partial charge in [-0.25, -0.2) is 0 Å². The van der Waals surface area contributed by atoms with E-state index in [0.717, 1.165) is 33.7 Å². The zero-order valence-corrected chi connectivity index (χ0v) is 45.9. The number of benzene rings is 1. The van der Waals surface area contributed by atoms with E-state index in [-0.39, 0.29) is 11.6 Å². The van der Waals surface area contributed by atoms with Crippen LogP contribution in [-0.2, 0) is 9.59 Å². The maximum Gasteiger partial charge on any atom is 0.181 e. The topological polar surface area (TPSA) is 85.7 Å². The average molecular weight is 939 g/mol. The highest BCUT2D eigenvalue weighted by Crippen LogP contribution is 2.17. The summed E-state index contributed by atoms with van der Waals surface area (Å²) in [5, 5.41) is 0. The summed E-state index contributed by atoms with van der Waals surface area (Å²) < 4.78 is 0. The normalized spacial score (nSPS) is 13.3. The molecule has 0 spiro atoms. The van der Waals surface area contributed by atoms with Gasteiger partial charge in [0.25, 0.3) is 0 Å². The summed E-state index contributed by atoms with van der Waals surface area (Å²) in [6.45, 7) is 36.9. The molecule has 0 N–H and O–H groups in total. The molecule has 4 aromatic heterocycles. The van der Waals surface area contributed by atoms with Gasteiger partial charge in [-0.1, -0.05) is 95.1 Å². The van der Waals surface area contributed by atoms with Crippen LogP contribution in [-0.4, -0.2) is 31.5 Å². The van der Waals surface area contributed by atoms with Crippen molar-refractivity contribution in [1.29, 1.82) is 0 Å². The van der Waals surface area contributed by atoms with E-state index in [1.54, 1.807) is 12.2 Å². The lowest BCUT2D eigenvalue weighted by Crippen LogP contribution is -1.88. The number of aromatic nitrogens is 4. The molecular weight excluding hydrogens is 857 g/mol. The Balaban J connectivity index is 0.000000394. The summed E-state index contributed by atoms with van der Waals surface area (Å²) >= 11 is 0. The molecule has 0 saturated heterocycles. The first-order valence-electron chi connectivity index (χ1n) is 24.1. The lowest BCUT2D eigenvalue weighted by Gasteiger charge is -1.93. The summed E-state index contributed by atoms with van der Waals surface area (Å²) in [4.78, 5) is 37.3. The largest absolute Gasteiger partial charge is 0.290 e. The Labute approximate surface area is 423 Å². The number of carbonyl (C=O) groups is 2. The second kappa shape index (κ2) is 33.6. The Morgan fingerprint density at radius 1 is 0.329 bits per heavy atom. The van der Waals surface area contributed by atoms with Crippen molar-refractivity contribution >= 4 is 11.6 Å². The maximum absolute atomic E-state index is 10.6. The Bertz CT molecular complexity index is 2270. The van der Waals surface area contributed by atoms with Crippen molar-refractivity contribution in [3.63, 3.8) is 0 Å². The number of hydrogen-bond donors (Lipinski definition) is 0. The molecule has 0 aliphatic heterocycles. The molecule has 0 fully saturated rings. The van der Waals surface area contributed by atoms with Crippen LogP contribution in [0.2, 0.25) is 0 Å². The van der Waals surface area contributed by atoms with Crippen molar-refractivity contribution in [3.05, 3.63) is 247 Å². The molecule has 4 aliphatic rings. The van der Waals surface area contributed by atoms with Crippen LogP contribution in [0.15, 0.2) is 191 Å². The lowest BCUT2D eigenvalue weighted by molar-refractivity contribution is -0.111. The molecule has 0 bridgehead atoms. The molecule has 370 valence electrons. The summed E-state index contributed by atoms with van der Waals surface area (Å²) in [5.74, 6) is 0.310. The smallest absolute Gasteiger partial charge is 0.181 e. The number of aryl methyl sites for hydroxylation is 10. The Kier molecular flexibility index (Phi) is 29.3. The predicted octanol–water partition coefficient (Wildman–Crippen LogP) is 16.6. The van der Waals surface area contributed by atoms with Crippen LogP contribution in [0.5, 0.6) is 0 Å². The first-order valence-corrected chi connectivity index (χ1v) is 24.1. The number of allylic oxidation sites excluding steroid dienone is 16. The van der Waals surface area contributed by atoms with Gasteiger partial charge in [-0.15, -0.1) is 0 Å². The second-order valence-corrected chi connectivity index (χ2v) is 18.0. The van der Waals surface area contributed by atoms with Gasteiger partial charge in [0.05, 0.1) is 0 Å². The van der Waals surface area contributed by atoms with Gasteiger partial charge in [-0.3, -0.25) is 29.5 Å². The summed E-state index contributed by atoms with van der Waals surface area (Å²) in [6, 6.07) is 20.4. The van der Waals surface area contributed by atoms with E-state index < -0.39 is 0 Å². The number of ketones is 2. The Hall–Kier alpha value is -6.92. The molecule has 5 aromatic rings. The van der Waals surface area contributed by atoms with Gasteiger partial charge in [-0.2, -0.15) is 0 Å². The number of nitrogens with zero attached hydrogens (tertiary/aromatic N) is 4. The monoisotopic (exact) mass is 939 g/mol. The van der Waals surface area contributed by atoms with E-state index in [0.29, 0.717) is 0 Å². The summed E-state index contributed by atoms with van der Waals surface area (Å²) in [5.41, 5.74) is 22.5. The molecule has 0 unspecified atom stereocenters. The van der Waals surface area contributed by atoms with Gasteiger partial charge in [0.1, 0.15) is 0 Å². The number of pyridine rings is 4. The van der Waals surface area contributed by atoms with Gasteiger partial charge in [0, 0.05) is 48.6 Å². The van der Waals surface area contributed by atoms with E-state index in [1.807, 2.05) is 115 Å². The van der Waals surface area contributed by atoms with E-state index in [9.17, 15) is 9.59 Å². The summed E-state index contributed by atoms with van der Waals surface area (Å²) in [7, 11) is 0. The second-order valence-electron chi connectivity index (χ2n) is 18.0. The van der Waals surface area contributed by atoms with Crippen LogP contribution in [0.4, 0.5) is 0 Å². The van der Waals surface area contributed by atoms with Crippen LogP contribution in [0.3, 0.4) is 0 Å². The first kappa shape index (κ1) is 61.1. The van der Waals surface area contributed by atoms with Crippen molar-refractivity contribution < 1.29 is 9.59 Å². The molecule has 6 nitrogen and oxygen atoms in total. The van der Waals surface area contributed by atoms with E-state index in [2.05, 4.69) is 164 Å². The van der Waals surface area contributed by atoms with E-state index >= 15 is 0 Å². The minimum Gasteiger partial charge on any atom is -0.290 e. The third-order valence-corrected chi connectivity index (χ3v) is 12.4. The zero-order chi connectivity index (χ0) is 52.8. The van der Waals surface area contributed by atoms with Crippen LogP contribution in [0.25, 0.3) is 0 Å². The number of carbonyl (C=O) groups excluding carboxylic acids is 2. The van der Waals surface area contributed by atoms with Gasteiger partial charge >= 0.3 is 0 Å².